The lowest BCUT2D eigenvalue weighted by Gasteiger charge is -2.28. The molecule has 0 amide bonds. The second-order valence-electron chi connectivity index (χ2n) is 3.93. The van der Waals surface area contributed by atoms with Crippen LogP contribution in [0, 0.1) is 0 Å². The molecule has 1 fully saturated rings. The average Bonchev–Trinajstić information content (AvgIpc) is 2.15. The molecule has 0 atom stereocenters. The predicted octanol–water partition coefficient (Wildman–Crippen LogP) is 1.77. The van der Waals surface area contributed by atoms with Gasteiger partial charge in [-0.05, 0) is 17.7 Å². The number of rotatable bonds is 3. The van der Waals surface area contributed by atoms with Gasteiger partial charge in [-0.15, -0.1) is 0 Å². The van der Waals surface area contributed by atoms with Crippen molar-refractivity contribution in [1.82, 2.24) is 10.6 Å². The highest BCUT2D eigenvalue weighted by Gasteiger charge is 2.29. The number of benzene rings is 1. The predicted molar refractivity (Wildman–Crippen MR) is 54.9 cm³/mol. The van der Waals surface area contributed by atoms with E-state index in [9.17, 15) is 13.2 Å². The van der Waals surface area contributed by atoms with Crippen LogP contribution < -0.4 is 10.6 Å². The molecule has 1 heterocycles. The third-order valence-corrected chi connectivity index (χ3v) is 2.66. The molecular weight excluding hydrogens is 217 g/mol. The van der Waals surface area contributed by atoms with Gasteiger partial charge in [0.05, 0.1) is 5.56 Å². The van der Waals surface area contributed by atoms with E-state index in [1.807, 2.05) is 0 Å². The molecule has 0 aliphatic carbocycles. The van der Waals surface area contributed by atoms with E-state index in [0.29, 0.717) is 12.6 Å². The number of hydrogen-bond donors (Lipinski definition) is 2. The molecule has 16 heavy (non-hydrogen) atoms. The fourth-order valence-corrected chi connectivity index (χ4v) is 1.51. The van der Waals surface area contributed by atoms with Gasteiger partial charge in [-0.25, -0.2) is 0 Å². The molecule has 1 aromatic carbocycles. The van der Waals surface area contributed by atoms with Gasteiger partial charge >= 0.3 is 6.18 Å². The Balaban J connectivity index is 1.91. The molecule has 88 valence electrons. The molecule has 0 aromatic heterocycles. The summed E-state index contributed by atoms with van der Waals surface area (Å²) in [6.45, 7) is 2.48. The Kier molecular flexibility index (Phi) is 3.16. The first-order chi connectivity index (χ1) is 7.55. The Morgan fingerprint density at radius 1 is 1.19 bits per heavy atom. The Hall–Kier alpha value is -1.07. The summed E-state index contributed by atoms with van der Waals surface area (Å²) in [6.07, 6.45) is -4.25. The van der Waals surface area contributed by atoms with Gasteiger partial charge in [-0.1, -0.05) is 12.1 Å². The van der Waals surface area contributed by atoms with Crippen molar-refractivity contribution in [3.8, 4) is 0 Å². The summed E-state index contributed by atoms with van der Waals surface area (Å²) in [5.41, 5.74) is 0.279. The quantitative estimate of drug-likeness (QED) is 0.827. The van der Waals surface area contributed by atoms with Crippen molar-refractivity contribution >= 4 is 0 Å². The van der Waals surface area contributed by atoms with Crippen LogP contribution in [-0.2, 0) is 12.7 Å². The molecule has 1 saturated heterocycles. The lowest BCUT2D eigenvalue weighted by Crippen LogP contribution is -2.54. The van der Waals surface area contributed by atoms with Gasteiger partial charge < -0.3 is 10.6 Å². The molecule has 1 aliphatic heterocycles. The molecule has 0 spiro atoms. The van der Waals surface area contributed by atoms with Gasteiger partial charge in [-0.3, -0.25) is 0 Å². The number of halogens is 3. The van der Waals surface area contributed by atoms with Crippen molar-refractivity contribution in [3.63, 3.8) is 0 Å². The minimum absolute atomic E-state index is 0.447. The fourth-order valence-electron chi connectivity index (χ4n) is 1.51. The first-order valence-electron chi connectivity index (χ1n) is 5.16. The summed E-state index contributed by atoms with van der Waals surface area (Å²) in [4.78, 5) is 0. The van der Waals surface area contributed by atoms with Crippen LogP contribution in [0.1, 0.15) is 11.1 Å². The Morgan fingerprint density at radius 2 is 1.81 bits per heavy atom. The summed E-state index contributed by atoms with van der Waals surface area (Å²) < 4.78 is 36.8. The van der Waals surface area contributed by atoms with Crippen LogP contribution in [0.2, 0.25) is 0 Å². The highest BCUT2D eigenvalue weighted by Crippen LogP contribution is 2.28. The highest BCUT2D eigenvalue weighted by atomic mass is 19.4. The Bertz CT molecular complexity index is 341. The highest BCUT2D eigenvalue weighted by molar-refractivity contribution is 5.24. The van der Waals surface area contributed by atoms with Gasteiger partial charge in [0.1, 0.15) is 0 Å². The second-order valence-corrected chi connectivity index (χ2v) is 3.93. The summed E-state index contributed by atoms with van der Waals surface area (Å²) in [6, 6.07) is 5.72. The minimum Gasteiger partial charge on any atom is -0.314 e. The van der Waals surface area contributed by atoms with E-state index in [4.69, 9.17) is 0 Å². The van der Waals surface area contributed by atoms with E-state index in [1.165, 1.54) is 12.1 Å². The summed E-state index contributed by atoms with van der Waals surface area (Å²) >= 11 is 0. The number of nitrogens with one attached hydrogen (secondary N) is 2. The van der Waals surface area contributed by atoms with Crippen LogP contribution >= 0.6 is 0 Å². The molecule has 2 rings (SSSR count). The first-order valence-corrected chi connectivity index (χ1v) is 5.16. The van der Waals surface area contributed by atoms with Crippen molar-refractivity contribution in [2.45, 2.75) is 18.8 Å². The van der Waals surface area contributed by atoms with Crippen LogP contribution in [0.3, 0.4) is 0 Å². The van der Waals surface area contributed by atoms with E-state index in [0.717, 1.165) is 30.8 Å². The molecule has 2 nitrogen and oxygen atoms in total. The monoisotopic (exact) mass is 230 g/mol. The van der Waals surface area contributed by atoms with E-state index >= 15 is 0 Å². The third kappa shape index (κ3) is 2.74. The van der Waals surface area contributed by atoms with Gasteiger partial charge in [0.15, 0.2) is 0 Å². The molecule has 1 aromatic rings. The Labute approximate surface area is 91.8 Å². The zero-order valence-corrected chi connectivity index (χ0v) is 8.64. The normalized spacial score (nSPS) is 17.2. The van der Waals surface area contributed by atoms with Crippen LogP contribution in [0.4, 0.5) is 13.2 Å². The first kappa shape index (κ1) is 11.4. The van der Waals surface area contributed by atoms with Crippen molar-refractivity contribution in [2.24, 2.45) is 0 Å². The summed E-state index contributed by atoms with van der Waals surface area (Å²) in [5, 5.41) is 6.37. The van der Waals surface area contributed by atoms with Gasteiger partial charge in [0, 0.05) is 25.7 Å². The van der Waals surface area contributed by atoms with Crippen molar-refractivity contribution in [2.75, 3.05) is 13.1 Å². The lowest BCUT2D eigenvalue weighted by molar-refractivity contribution is -0.137. The molecule has 1 aliphatic rings. The SMILES string of the molecule is FC(F)(F)c1ccc(CNC2CNC2)cc1. The van der Waals surface area contributed by atoms with Crippen LogP contribution in [0.25, 0.3) is 0 Å². The Morgan fingerprint density at radius 3 is 2.25 bits per heavy atom. The topological polar surface area (TPSA) is 24.1 Å². The maximum absolute atomic E-state index is 12.3. The van der Waals surface area contributed by atoms with E-state index < -0.39 is 11.7 Å². The van der Waals surface area contributed by atoms with Crippen molar-refractivity contribution < 1.29 is 13.2 Å². The van der Waals surface area contributed by atoms with E-state index in [-0.39, 0.29) is 0 Å². The number of alkyl halides is 3. The maximum atomic E-state index is 12.3. The average molecular weight is 230 g/mol. The zero-order chi connectivity index (χ0) is 11.6. The van der Waals surface area contributed by atoms with Crippen LogP contribution in [0.15, 0.2) is 24.3 Å². The molecule has 5 heteroatoms. The van der Waals surface area contributed by atoms with Crippen LogP contribution in [-0.4, -0.2) is 19.1 Å². The van der Waals surface area contributed by atoms with Crippen LogP contribution in [0.5, 0.6) is 0 Å². The summed E-state index contributed by atoms with van der Waals surface area (Å²) in [7, 11) is 0. The fraction of sp³-hybridized carbons (Fsp3) is 0.455. The van der Waals surface area contributed by atoms with Crippen molar-refractivity contribution in [3.05, 3.63) is 35.4 Å². The summed E-state index contributed by atoms with van der Waals surface area (Å²) in [5.74, 6) is 0. The van der Waals surface area contributed by atoms with Gasteiger partial charge in [0.25, 0.3) is 0 Å². The van der Waals surface area contributed by atoms with E-state index in [1.54, 1.807) is 0 Å². The molecular formula is C11H13F3N2. The smallest absolute Gasteiger partial charge is 0.314 e. The minimum atomic E-state index is -4.25. The zero-order valence-electron chi connectivity index (χ0n) is 8.64. The molecule has 2 N–H and O–H groups in total. The standard InChI is InChI=1S/C11H13F3N2/c12-11(13,14)9-3-1-8(2-4-9)5-16-10-6-15-7-10/h1-4,10,15-16H,5-7H2. The molecule has 0 bridgehead atoms. The maximum Gasteiger partial charge on any atom is 0.416 e. The second kappa shape index (κ2) is 4.43. The molecule has 0 saturated carbocycles. The molecule has 0 unspecified atom stereocenters. The number of hydrogen-bond acceptors (Lipinski definition) is 2. The third-order valence-electron chi connectivity index (χ3n) is 2.66. The van der Waals surface area contributed by atoms with Gasteiger partial charge in [-0.2, -0.15) is 13.2 Å². The van der Waals surface area contributed by atoms with Crippen molar-refractivity contribution in [1.29, 1.82) is 0 Å². The largest absolute Gasteiger partial charge is 0.416 e. The molecule has 0 radical (unpaired) electrons. The van der Waals surface area contributed by atoms with Gasteiger partial charge in [0.2, 0.25) is 0 Å². The van der Waals surface area contributed by atoms with E-state index in [2.05, 4.69) is 10.6 Å². The lowest BCUT2D eigenvalue weighted by atomic mass is 10.1.